The molecule has 11 aromatic rings. The van der Waals surface area contributed by atoms with E-state index in [1.54, 1.807) is 11.3 Å². The Labute approximate surface area is 283 Å². The Hall–Kier alpha value is -6.04. The molecular weight excluding hydrogens is 617 g/mol. The van der Waals surface area contributed by atoms with E-state index in [1.807, 2.05) is 0 Å². The Morgan fingerprint density at radius 3 is 2.18 bits per heavy atom. The zero-order valence-corrected chi connectivity index (χ0v) is 27.1. The van der Waals surface area contributed by atoms with Crippen molar-refractivity contribution in [3.8, 4) is 17.2 Å². The topological polar surface area (TPSA) is 35.1 Å². The van der Waals surface area contributed by atoms with Crippen LogP contribution in [0.1, 0.15) is 12.0 Å². The van der Waals surface area contributed by atoms with Crippen molar-refractivity contribution >= 4 is 97.6 Å². The van der Waals surface area contributed by atoms with Crippen LogP contribution in [0.25, 0.3) is 103 Å². The molecule has 0 amide bonds. The van der Waals surface area contributed by atoms with Gasteiger partial charge >= 0.3 is 0 Å². The van der Waals surface area contributed by atoms with Crippen LogP contribution in [-0.2, 0) is 6.42 Å². The van der Waals surface area contributed by atoms with E-state index in [-0.39, 0.29) is 0 Å². The van der Waals surface area contributed by atoms with Gasteiger partial charge in [0, 0.05) is 47.8 Å². The zero-order valence-electron chi connectivity index (χ0n) is 26.3. The van der Waals surface area contributed by atoms with Gasteiger partial charge in [-0.1, -0.05) is 115 Å². The van der Waals surface area contributed by atoms with E-state index < -0.39 is 0 Å². The molecule has 1 aliphatic rings. The molecule has 49 heavy (non-hydrogen) atoms. The SMILES string of the molecule is C1=c2c3ccccc3n3c2c(c2ccc4ccc5c6ccccc6n(-c6nc(-c7ccccc7)c7sc8ccccc8c7n6)c5c4c23)CC1. The molecule has 0 atom stereocenters. The van der Waals surface area contributed by atoms with Crippen molar-refractivity contribution in [2.24, 2.45) is 0 Å². The summed E-state index contributed by atoms with van der Waals surface area (Å²) in [5.41, 5.74) is 10.7. The van der Waals surface area contributed by atoms with Crippen molar-refractivity contribution in [1.82, 2.24) is 18.9 Å². The molecule has 0 bridgehead atoms. The lowest BCUT2D eigenvalue weighted by atomic mass is 9.97. The summed E-state index contributed by atoms with van der Waals surface area (Å²) in [6, 6.07) is 46.1. The molecule has 0 N–H and O–H groups in total. The third kappa shape index (κ3) is 3.28. The Morgan fingerprint density at radius 2 is 1.31 bits per heavy atom. The predicted molar refractivity (Wildman–Crippen MR) is 206 cm³/mol. The molecule has 0 aliphatic heterocycles. The lowest BCUT2D eigenvalue weighted by molar-refractivity contribution is 1.02. The van der Waals surface area contributed by atoms with Crippen LogP contribution in [0, 0.1) is 0 Å². The van der Waals surface area contributed by atoms with E-state index in [0.29, 0.717) is 5.95 Å². The van der Waals surface area contributed by atoms with Gasteiger partial charge in [-0.15, -0.1) is 11.3 Å². The lowest BCUT2D eigenvalue weighted by Crippen LogP contribution is -2.05. The molecule has 0 saturated carbocycles. The number of hydrogen-bond acceptors (Lipinski definition) is 3. The van der Waals surface area contributed by atoms with Crippen molar-refractivity contribution in [1.29, 1.82) is 0 Å². The quantitative estimate of drug-likeness (QED) is 0.188. The van der Waals surface area contributed by atoms with Gasteiger partial charge in [0.1, 0.15) is 0 Å². The highest BCUT2D eigenvalue weighted by atomic mass is 32.1. The molecule has 0 unspecified atom stereocenters. The summed E-state index contributed by atoms with van der Waals surface area (Å²) in [4.78, 5) is 11.0. The van der Waals surface area contributed by atoms with E-state index in [0.717, 1.165) is 45.3 Å². The minimum atomic E-state index is 0.698. The minimum Gasteiger partial charge on any atom is -0.308 e. The monoisotopic (exact) mass is 642 g/mol. The first-order valence-electron chi connectivity index (χ1n) is 16.9. The van der Waals surface area contributed by atoms with Crippen molar-refractivity contribution in [3.05, 3.63) is 138 Å². The number of rotatable bonds is 2. The molecule has 6 aromatic carbocycles. The fraction of sp³-hybridized carbons (Fsp3) is 0.0455. The highest BCUT2D eigenvalue weighted by molar-refractivity contribution is 7.26. The largest absolute Gasteiger partial charge is 0.308 e. The summed E-state index contributed by atoms with van der Waals surface area (Å²) < 4.78 is 7.25. The van der Waals surface area contributed by atoms with Crippen LogP contribution in [-0.4, -0.2) is 18.9 Å². The normalized spacial score (nSPS) is 13.3. The summed E-state index contributed by atoms with van der Waals surface area (Å²) >= 11 is 1.78. The van der Waals surface area contributed by atoms with Crippen LogP contribution in [0.15, 0.2) is 127 Å². The lowest BCUT2D eigenvalue weighted by Gasteiger charge is -2.12. The maximum absolute atomic E-state index is 5.49. The maximum atomic E-state index is 5.49. The fourth-order valence-corrected chi connectivity index (χ4v) is 9.90. The number of para-hydroxylation sites is 2. The van der Waals surface area contributed by atoms with Crippen molar-refractivity contribution in [2.45, 2.75) is 12.8 Å². The maximum Gasteiger partial charge on any atom is 0.235 e. The Kier molecular flexibility index (Phi) is 4.94. The first-order valence-corrected chi connectivity index (χ1v) is 17.7. The highest BCUT2D eigenvalue weighted by Gasteiger charge is 2.25. The van der Waals surface area contributed by atoms with Crippen LogP contribution in [0.3, 0.4) is 0 Å². The standard InChI is InChI=1S/C44H26N4S/c1-2-11-26(12-3-1)38-43-39(33-15-6-9-20-36(33)49-43)46-44(45-38)48-35-19-8-5-14-28(35)31-23-21-25-22-24-32-30-17-10-16-29-27-13-4-7-18-34(27)47(40(29)30)41(32)37(25)42(31)48/h1-9,11-16,18-24H,10,17H2. The third-order valence-corrected chi connectivity index (χ3v) is 11.9. The van der Waals surface area contributed by atoms with Gasteiger partial charge in [-0.05, 0) is 42.0 Å². The van der Waals surface area contributed by atoms with Crippen molar-refractivity contribution in [3.63, 3.8) is 0 Å². The highest BCUT2D eigenvalue weighted by Crippen LogP contribution is 2.44. The first-order chi connectivity index (χ1) is 24.3. The number of nitrogens with zero attached hydrogens (tertiary/aromatic N) is 4. The molecule has 0 fully saturated rings. The van der Waals surface area contributed by atoms with E-state index in [4.69, 9.17) is 9.97 Å². The van der Waals surface area contributed by atoms with Gasteiger partial charge in [-0.3, -0.25) is 4.57 Å². The first kappa shape index (κ1) is 26.0. The summed E-state index contributed by atoms with van der Waals surface area (Å²) in [5.74, 6) is 0.698. The van der Waals surface area contributed by atoms with Gasteiger partial charge in [0.2, 0.25) is 5.95 Å². The Morgan fingerprint density at radius 1 is 0.571 bits per heavy atom. The smallest absolute Gasteiger partial charge is 0.235 e. The Balaban J connectivity index is 1.33. The number of hydrogen-bond donors (Lipinski definition) is 0. The summed E-state index contributed by atoms with van der Waals surface area (Å²) in [6.45, 7) is 0. The molecule has 0 saturated heterocycles. The zero-order chi connectivity index (χ0) is 31.8. The number of aryl methyl sites for hydroxylation is 1. The molecule has 0 spiro atoms. The number of fused-ring (bicyclic) bond motifs is 15. The molecule has 228 valence electrons. The average molecular weight is 643 g/mol. The summed E-state index contributed by atoms with van der Waals surface area (Å²) in [6.07, 6.45) is 4.55. The molecule has 0 radical (unpaired) electrons. The van der Waals surface area contributed by atoms with Gasteiger partial charge in [0.25, 0.3) is 0 Å². The molecular formula is C44H26N4S. The number of aromatic nitrogens is 4. The van der Waals surface area contributed by atoms with Gasteiger partial charge in [-0.2, -0.15) is 0 Å². The molecule has 4 nitrogen and oxygen atoms in total. The molecule has 5 aromatic heterocycles. The summed E-state index contributed by atoms with van der Waals surface area (Å²) in [7, 11) is 0. The molecule has 5 heterocycles. The molecule has 5 heteroatoms. The van der Waals surface area contributed by atoms with Gasteiger partial charge < -0.3 is 4.40 Å². The number of benzene rings is 6. The van der Waals surface area contributed by atoms with Gasteiger partial charge in [0.05, 0.1) is 43.5 Å². The summed E-state index contributed by atoms with van der Waals surface area (Å²) in [5, 5.41) is 10.1. The van der Waals surface area contributed by atoms with Gasteiger partial charge in [0.15, 0.2) is 0 Å². The van der Waals surface area contributed by atoms with E-state index >= 15 is 0 Å². The fourth-order valence-electron chi connectivity index (χ4n) is 8.74. The average Bonchev–Trinajstić information content (AvgIpc) is 3.90. The van der Waals surface area contributed by atoms with Crippen molar-refractivity contribution < 1.29 is 0 Å². The van der Waals surface area contributed by atoms with Crippen LogP contribution in [0.5, 0.6) is 0 Å². The van der Waals surface area contributed by atoms with E-state index in [9.17, 15) is 0 Å². The van der Waals surface area contributed by atoms with Gasteiger partial charge in [-0.25, -0.2) is 9.97 Å². The van der Waals surface area contributed by atoms with E-state index in [1.165, 1.54) is 69.7 Å². The van der Waals surface area contributed by atoms with Crippen LogP contribution < -0.4 is 5.22 Å². The second kappa shape index (κ2) is 9.31. The molecule has 1 aliphatic carbocycles. The predicted octanol–water partition coefficient (Wildman–Crippen LogP) is 10.8. The second-order valence-corrected chi connectivity index (χ2v) is 14.3. The van der Waals surface area contributed by atoms with Crippen LogP contribution in [0.4, 0.5) is 0 Å². The third-order valence-electron chi connectivity index (χ3n) is 10.7. The van der Waals surface area contributed by atoms with Crippen LogP contribution in [0.2, 0.25) is 0 Å². The Bertz CT molecular complexity index is 3270. The minimum absolute atomic E-state index is 0.698. The van der Waals surface area contributed by atoms with Crippen molar-refractivity contribution in [2.75, 3.05) is 0 Å². The van der Waals surface area contributed by atoms with Crippen LogP contribution >= 0.6 is 11.3 Å². The molecule has 12 rings (SSSR count). The second-order valence-electron chi connectivity index (χ2n) is 13.2. The van der Waals surface area contributed by atoms with E-state index in [2.05, 4.69) is 142 Å². The number of thiophene rings is 1.